The van der Waals surface area contributed by atoms with Gasteiger partial charge in [-0.25, -0.2) is 0 Å². The standard InChI is InChI=1S/C9H14F3NO2/c1-2-15-8(14)6-4-3-5-7(13-6)9(10,11)12/h6-7,13H,2-5H2,1H3. The van der Waals surface area contributed by atoms with Crippen molar-refractivity contribution < 1.29 is 22.7 Å². The fraction of sp³-hybridized carbons (Fsp3) is 0.889. The van der Waals surface area contributed by atoms with Gasteiger partial charge in [0.25, 0.3) is 0 Å². The summed E-state index contributed by atoms with van der Waals surface area (Å²) in [6.45, 7) is 1.82. The largest absolute Gasteiger partial charge is 0.465 e. The maximum Gasteiger partial charge on any atom is 0.403 e. The maximum absolute atomic E-state index is 12.3. The summed E-state index contributed by atoms with van der Waals surface area (Å²) < 4.78 is 41.7. The van der Waals surface area contributed by atoms with Crippen molar-refractivity contribution in [3.05, 3.63) is 0 Å². The molecule has 1 heterocycles. The number of rotatable bonds is 2. The molecule has 0 aromatic carbocycles. The van der Waals surface area contributed by atoms with Crippen molar-refractivity contribution in [1.29, 1.82) is 0 Å². The number of hydrogen-bond acceptors (Lipinski definition) is 3. The maximum atomic E-state index is 12.3. The Hall–Kier alpha value is -0.780. The van der Waals surface area contributed by atoms with Crippen molar-refractivity contribution in [2.24, 2.45) is 0 Å². The number of halogens is 3. The smallest absolute Gasteiger partial charge is 0.403 e. The second kappa shape index (κ2) is 4.83. The van der Waals surface area contributed by atoms with Gasteiger partial charge in [-0.1, -0.05) is 0 Å². The van der Waals surface area contributed by atoms with Gasteiger partial charge in [0.2, 0.25) is 0 Å². The van der Waals surface area contributed by atoms with Crippen LogP contribution in [0.3, 0.4) is 0 Å². The van der Waals surface area contributed by atoms with Crippen molar-refractivity contribution in [3.8, 4) is 0 Å². The van der Waals surface area contributed by atoms with Crippen LogP contribution >= 0.6 is 0 Å². The minimum absolute atomic E-state index is 0.0272. The summed E-state index contributed by atoms with van der Waals surface area (Å²) in [5, 5.41) is 2.28. The zero-order valence-corrected chi connectivity index (χ0v) is 8.43. The minimum atomic E-state index is -4.29. The third-order valence-corrected chi connectivity index (χ3v) is 2.35. The fourth-order valence-electron chi connectivity index (χ4n) is 1.62. The van der Waals surface area contributed by atoms with Crippen LogP contribution in [0, 0.1) is 0 Å². The first-order chi connectivity index (χ1) is 6.95. The number of carbonyl (C=O) groups is 1. The van der Waals surface area contributed by atoms with E-state index in [1.807, 2.05) is 0 Å². The van der Waals surface area contributed by atoms with E-state index in [9.17, 15) is 18.0 Å². The first-order valence-corrected chi connectivity index (χ1v) is 4.94. The van der Waals surface area contributed by atoms with Gasteiger partial charge in [0, 0.05) is 0 Å². The summed E-state index contributed by atoms with van der Waals surface area (Å²) in [6, 6.07) is -2.40. The predicted octanol–water partition coefficient (Wildman–Crippen LogP) is 1.62. The second-order valence-electron chi connectivity index (χ2n) is 3.50. The molecule has 6 heteroatoms. The Balaban J connectivity index is 2.52. The third-order valence-electron chi connectivity index (χ3n) is 2.35. The van der Waals surface area contributed by atoms with Gasteiger partial charge in [-0.05, 0) is 26.2 Å². The van der Waals surface area contributed by atoms with Crippen LogP contribution in [0.15, 0.2) is 0 Å². The summed E-state index contributed by atoms with van der Waals surface area (Å²) in [5.41, 5.74) is 0. The topological polar surface area (TPSA) is 38.3 Å². The van der Waals surface area contributed by atoms with E-state index in [0.29, 0.717) is 12.8 Å². The molecular weight excluding hydrogens is 211 g/mol. The highest BCUT2D eigenvalue weighted by atomic mass is 19.4. The van der Waals surface area contributed by atoms with Crippen molar-refractivity contribution in [2.45, 2.75) is 44.4 Å². The predicted molar refractivity (Wildman–Crippen MR) is 47.3 cm³/mol. The minimum Gasteiger partial charge on any atom is -0.465 e. The summed E-state index contributed by atoms with van der Waals surface area (Å²) in [5.74, 6) is -0.591. The van der Waals surface area contributed by atoms with Crippen LogP contribution in [0.25, 0.3) is 0 Å². The van der Waals surface area contributed by atoms with E-state index >= 15 is 0 Å². The van der Waals surface area contributed by atoms with E-state index in [2.05, 4.69) is 10.1 Å². The van der Waals surface area contributed by atoms with Crippen molar-refractivity contribution in [3.63, 3.8) is 0 Å². The molecule has 0 aliphatic carbocycles. The molecule has 1 N–H and O–H groups in total. The molecule has 1 fully saturated rings. The number of carbonyl (C=O) groups excluding carboxylic acids is 1. The second-order valence-corrected chi connectivity index (χ2v) is 3.50. The van der Waals surface area contributed by atoms with Crippen LogP contribution in [0.5, 0.6) is 0 Å². The Morgan fingerprint density at radius 1 is 1.47 bits per heavy atom. The zero-order chi connectivity index (χ0) is 11.5. The molecule has 0 aromatic rings. The summed E-state index contributed by atoms with van der Waals surface area (Å²) in [6.07, 6.45) is -3.46. The quantitative estimate of drug-likeness (QED) is 0.726. The Kier molecular flexibility index (Phi) is 3.96. The zero-order valence-electron chi connectivity index (χ0n) is 8.43. The number of hydrogen-bond donors (Lipinski definition) is 1. The van der Waals surface area contributed by atoms with E-state index in [1.165, 1.54) is 0 Å². The lowest BCUT2D eigenvalue weighted by atomic mass is 9.98. The lowest BCUT2D eigenvalue weighted by Crippen LogP contribution is -2.53. The molecule has 0 bridgehead atoms. The van der Waals surface area contributed by atoms with Crippen LogP contribution < -0.4 is 5.32 Å². The average Bonchev–Trinajstić information content (AvgIpc) is 2.17. The van der Waals surface area contributed by atoms with Crippen LogP contribution in [0.4, 0.5) is 13.2 Å². The lowest BCUT2D eigenvalue weighted by Gasteiger charge is -2.30. The molecule has 0 amide bonds. The highest BCUT2D eigenvalue weighted by Crippen LogP contribution is 2.27. The SMILES string of the molecule is CCOC(=O)C1CCCC(C(F)(F)F)N1. The Morgan fingerprint density at radius 2 is 2.13 bits per heavy atom. The van der Waals surface area contributed by atoms with Gasteiger partial charge in [-0.3, -0.25) is 10.1 Å². The molecule has 0 aromatic heterocycles. The van der Waals surface area contributed by atoms with E-state index in [4.69, 9.17) is 0 Å². The molecule has 2 unspecified atom stereocenters. The van der Waals surface area contributed by atoms with Gasteiger partial charge in [0.15, 0.2) is 0 Å². The molecule has 3 nitrogen and oxygen atoms in total. The van der Waals surface area contributed by atoms with Gasteiger partial charge >= 0.3 is 12.1 Å². The van der Waals surface area contributed by atoms with Crippen molar-refractivity contribution in [1.82, 2.24) is 5.32 Å². The van der Waals surface area contributed by atoms with Crippen molar-refractivity contribution >= 4 is 5.97 Å². The summed E-state index contributed by atoms with van der Waals surface area (Å²) in [7, 11) is 0. The molecular formula is C9H14F3NO2. The summed E-state index contributed by atoms with van der Waals surface area (Å²) >= 11 is 0. The molecule has 1 rings (SSSR count). The molecule has 0 spiro atoms. The highest BCUT2D eigenvalue weighted by Gasteiger charge is 2.43. The molecule has 1 saturated heterocycles. The number of alkyl halides is 3. The monoisotopic (exact) mass is 225 g/mol. The van der Waals surface area contributed by atoms with E-state index in [-0.39, 0.29) is 13.0 Å². The van der Waals surface area contributed by atoms with Gasteiger partial charge in [0.05, 0.1) is 6.61 Å². The molecule has 0 radical (unpaired) electrons. The van der Waals surface area contributed by atoms with Gasteiger partial charge in [0.1, 0.15) is 12.1 Å². The number of ether oxygens (including phenoxy) is 1. The van der Waals surface area contributed by atoms with Gasteiger partial charge in [-0.15, -0.1) is 0 Å². The normalized spacial score (nSPS) is 27.5. The third kappa shape index (κ3) is 3.37. The Labute approximate surface area is 86.0 Å². The molecule has 1 aliphatic rings. The molecule has 0 saturated carbocycles. The number of nitrogens with one attached hydrogen (secondary N) is 1. The first-order valence-electron chi connectivity index (χ1n) is 4.94. The fourth-order valence-corrected chi connectivity index (χ4v) is 1.62. The number of piperidine rings is 1. The van der Waals surface area contributed by atoms with E-state index < -0.39 is 24.2 Å². The molecule has 15 heavy (non-hydrogen) atoms. The Bertz CT molecular complexity index is 230. The van der Waals surface area contributed by atoms with Crippen LogP contribution in [0.2, 0.25) is 0 Å². The van der Waals surface area contributed by atoms with Gasteiger partial charge in [-0.2, -0.15) is 13.2 Å². The molecule has 88 valence electrons. The van der Waals surface area contributed by atoms with Crippen LogP contribution in [0.1, 0.15) is 26.2 Å². The average molecular weight is 225 g/mol. The Morgan fingerprint density at radius 3 is 2.67 bits per heavy atom. The van der Waals surface area contributed by atoms with Gasteiger partial charge < -0.3 is 4.74 Å². The van der Waals surface area contributed by atoms with Crippen LogP contribution in [-0.2, 0) is 9.53 Å². The van der Waals surface area contributed by atoms with E-state index in [1.54, 1.807) is 6.92 Å². The molecule has 2 atom stereocenters. The highest BCUT2D eigenvalue weighted by molar-refractivity contribution is 5.75. The van der Waals surface area contributed by atoms with Crippen LogP contribution in [-0.4, -0.2) is 30.8 Å². The molecule has 1 aliphatic heterocycles. The first kappa shape index (κ1) is 12.3. The van der Waals surface area contributed by atoms with Crippen molar-refractivity contribution in [2.75, 3.05) is 6.61 Å². The number of esters is 1. The summed E-state index contributed by atoms with van der Waals surface area (Å²) in [4.78, 5) is 11.2. The lowest BCUT2D eigenvalue weighted by molar-refractivity contribution is -0.168. The van der Waals surface area contributed by atoms with E-state index in [0.717, 1.165) is 0 Å².